The highest BCUT2D eigenvalue weighted by molar-refractivity contribution is 5.85. The Morgan fingerprint density at radius 2 is 1.85 bits per heavy atom. The summed E-state index contributed by atoms with van der Waals surface area (Å²) in [4.78, 5) is 14.2. The highest BCUT2D eigenvalue weighted by Crippen LogP contribution is 2.30. The van der Waals surface area contributed by atoms with Gasteiger partial charge in [-0.25, -0.2) is 0 Å². The van der Waals surface area contributed by atoms with Crippen molar-refractivity contribution >= 4 is 24.0 Å². The molecule has 0 aromatic heterocycles. The van der Waals surface area contributed by atoms with Crippen LogP contribution < -0.4 is 5.73 Å². The van der Waals surface area contributed by atoms with E-state index in [1.54, 1.807) is 0 Å². The third-order valence-electron chi connectivity index (χ3n) is 4.13. The number of amides is 1. The average Bonchev–Trinajstić information content (AvgIpc) is 2.37. The van der Waals surface area contributed by atoms with Crippen molar-refractivity contribution < 1.29 is 4.79 Å². The van der Waals surface area contributed by atoms with Gasteiger partial charge in [0.2, 0.25) is 5.91 Å². The van der Waals surface area contributed by atoms with Crippen LogP contribution in [0.5, 0.6) is 0 Å². The molecule has 0 unspecified atom stereocenters. The zero-order valence-electron chi connectivity index (χ0n) is 12.4. The number of carbonyl (C=O) groups is 1. The standard InChI is InChI=1S/C16H24N2O.ClH/c1-16(2)9-11-18(12-10-16)15(19)8-7-13-5-3-4-6-14(13)17;/h3-6H,7-12,17H2,1-2H3;1H. The number of hydrogen-bond donors (Lipinski definition) is 1. The summed E-state index contributed by atoms with van der Waals surface area (Å²) >= 11 is 0. The summed E-state index contributed by atoms with van der Waals surface area (Å²) in [7, 11) is 0. The minimum absolute atomic E-state index is 0. The predicted octanol–water partition coefficient (Wildman–Crippen LogP) is 3.27. The van der Waals surface area contributed by atoms with Crippen LogP contribution in [0.4, 0.5) is 5.69 Å². The lowest BCUT2D eigenvalue weighted by atomic mass is 9.82. The summed E-state index contributed by atoms with van der Waals surface area (Å²) in [6.45, 7) is 6.35. The van der Waals surface area contributed by atoms with Crippen LogP contribution in [0.15, 0.2) is 24.3 Å². The summed E-state index contributed by atoms with van der Waals surface area (Å²) in [6, 6.07) is 7.79. The van der Waals surface area contributed by atoms with Crippen LogP contribution in [0, 0.1) is 5.41 Å². The number of likely N-dealkylation sites (tertiary alicyclic amines) is 1. The Bertz CT molecular complexity index is 450. The van der Waals surface area contributed by atoms with Gasteiger partial charge in [-0.05, 0) is 36.3 Å². The van der Waals surface area contributed by atoms with Crippen molar-refractivity contribution in [3.8, 4) is 0 Å². The Balaban J connectivity index is 0.00000200. The Morgan fingerprint density at radius 1 is 1.25 bits per heavy atom. The van der Waals surface area contributed by atoms with Gasteiger partial charge in [0.25, 0.3) is 0 Å². The minimum atomic E-state index is 0. The highest BCUT2D eigenvalue weighted by atomic mass is 35.5. The normalized spacial score (nSPS) is 17.4. The van der Waals surface area contributed by atoms with Crippen molar-refractivity contribution in [2.45, 2.75) is 39.5 Å². The number of piperidine rings is 1. The fourth-order valence-electron chi connectivity index (χ4n) is 2.52. The first-order valence-corrected chi connectivity index (χ1v) is 7.09. The molecule has 1 aliphatic heterocycles. The maximum absolute atomic E-state index is 12.2. The van der Waals surface area contributed by atoms with Crippen molar-refractivity contribution in [2.24, 2.45) is 5.41 Å². The molecule has 3 nitrogen and oxygen atoms in total. The van der Waals surface area contributed by atoms with Crippen LogP contribution >= 0.6 is 12.4 Å². The number of nitrogens with two attached hydrogens (primary N) is 1. The van der Waals surface area contributed by atoms with Crippen molar-refractivity contribution in [1.82, 2.24) is 4.90 Å². The van der Waals surface area contributed by atoms with Gasteiger partial charge in [-0.2, -0.15) is 0 Å². The van der Waals surface area contributed by atoms with Gasteiger partial charge < -0.3 is 10.6 Å². The van der Waals surface area contributed by atoms with Crippen LogP contribution in [-0.2, 0) is 11.2 Å². The molecular weight excluding hydrogens is 272 g/mol. The van der Waals surface area contributed by atoms with E-state index in [-0.39, 0.29) is 18.3 Å². The van der Waals surface area contributed by atoms with Gasteiger partial charge in [0, 0.05) is 25.2 Å². The van der Waals surface area contributed by atoms with Crippen LogP contribution in [0.3, 0.4) is 0 Å². The van der Waals surface area contributed by atoms with Crippen molar-refractivity contribution in [3.63, 3.8) is 0 Å². The molecule has 1 saturated heterocycles. The molecule has 1 amide bonds. The SMILES string of the molecule is CC1(C)CCN(C(=O)CCc2ccccc2N)CC1.Cl. The van der Waals surface area contributed by atoms with Gasteiger partial charge >= 0.3 is 0 Å². The third-order valence-corrected chi connectivity index (χ3v) is 4.13. The van der Waals surface area contributed by atoms with Crippen LogP contribution in [0.1, 0.15) is 38.7 Å². The van der Waals surface area contributed by atoms with Crippen molar-refractivity contribution in [3.05, 3.63) is 29.8 Å². The van der Waals surface area contributed by atoms with Crippen molar-refractivity contribution in [1.29, 1.82) is 0 Å². The van der Waals surface area contributed by atoms with E-state index in [2.05, 4.69) is 13.8 Å². The number of aryl methyl sites for hydroxylation is 1. The Morgan fingerprint density at radius 3 is 2.45 bits per heavy atom. The molecule has 2 rings (SSSR count). The van der Waals surface area contributed by atoms with E-state index < -0.39 is 0 Å². The second kappa shape index (κ2) is 6.98. The number of rotatable bonds is 3. The summed E-state index contributed by atoms with van der Waals surface area (Å²) in [5.74, 6) is 0.263. The fourth-order valence-corrected chi connectivity index (χ4v) is 2.52. The first-order chi connectivity index (χ1) is 8.98. The second-order valence-electron chi connectivity index (χ2n) is 6.24. The molecule has 2 N–H and O–H groups in total. The summed E-state index contributed by atoms with van der Waals surface area (Å²) in [5.41, 5.74) is 8.15. The maximum atomic E-state index is 12.2. The largest absolute Gasteiger partial charge is 0.399 e. The lowest BCUT2D eigenvalue weighted by Gasteiger charge is -2.37. The maximum Gasteiger partial charge on any atom is 0.222 e. The smallest absolute Gasteiger partial charge is 0.222 e. The van der Waals surface area contributed by atoms with Gasteiger partial charge in [-0.3, -0.25) is 4.79 Å². The molecule has 0 saturated carbocycles. The van der Waals surface area contributed by atoms with E-state index in [1.807, 2.05) is 29.2 Å². The van der Waals surface area contributed by atoms with Gasteiger partial charge in [0.1, 0.15) is 0 Å². The van der Waals surface area contributed by atoms with E-state index in [9.17, 15) is 4.79 Å². The number of nitrogen functional groups attached to an aromatic ring is 1. The molecule has 0 aliphatic carbocycles. The summed E-state index contributed by atoms with van der Waals surface area (Å²) in [5, 5.41) is 0. The first kappa shape index (κ1) is 16.8. The molecule has 112 valence electrons. The molecule has 1 heterocycles. The lowest BCUT2D eigenvalue weighted by Crippen LogP contribution is -2.41. The fraction of sp³-hybridized carbons (Fsp3) is 0.562. The average molecular weight is 297 g/mol. The molecule has 20 heavy (non-hydrogen) atoms. The monoisotopic (exact) mass is 296 g/mol. The summed E-state index contributed by atoms with van der Waals surface area (Å²) in [6.07, 6.45) is 3.51. The van der Waals surface area contributed by atoms with Gasteiger partial charge in [-0.15, -0.1) is 12.4 Å². The molecule has 0 atom stereocenters. The number of benzene rings is 1. The van der Waals surface area contributed by atoms with Gasteiger partial charge in [-0.1, -0.05) is 32.0 Å². The number of para-hydroxylation sites is 1. The summed E-state index contributed by atoms with van der Waals surface area (Å²) < 4.78 is 0. The first-order valence-electron chi connectivity index (χ1n) is 7.09. The molecule has 0 spiro atoms. The van der Waals surface area contributed by atoms with Crippen LogP contribution in [0.25, 0.3) is 0 Å². The number of hydrogen-bond acceptors (Lipinski definition) is 2. The van der Waals surface area contributed by atoms with Crippen LogP contribution in [-0.4, -0.2) is 23.9 Å². The van der Waals surface area contributed by atoms with E-state index in [0.29, 0.717) is 11.8 Å². The molecule has 1 aliphatic rings. The van der Waals surface area contributed by atoms with E-state index in [1.165, 1.54) is 0 Å². The van der Waals surface area contributed by atoms with Crippen molar-refractivity contribution in [2.75, 3.05) is 18.8 Å². The topological polar surface area (TPSA) is 46.3 Å². The molecular formula is C16H25ClN2O. The van der Waals surface area contributed by atoms with E-state index >= 15 is 0 Å². The number of carbonyl (C=O) groups excluding carboxylic acids is 1. The number of anilines is 1. The molecule has 1 fully saturated rings. The number of nitrogens with zero attached hydrogens (tertiary/aromatic N) is 1. The predicted molar refractivity (Wildman–Crippen MR) is 86.0 cm³/mol. The van der Waals surface area contributed by atoms with Gasteiger partial charge in [0.15, 0.2) is 0 Å². The second-order valence-corrected chi connectivity index (χ2v) is 6.24. The quantitative estimate of drug-likeness (QED) is 0.870. The Labute approximate surface area is 127 Å². The van der Waals surface area contributed by atoms with E-state index in [0.717, 1.165) is 43.6 Å². The van der Waals surface area contributed by atoms with Gasteiger partial charge in [0.05, 0.1) is 0 Å². The molecule has 0 bridgehead atoms. The highest BCUT2D eigenvalue weighted by Gasteiger charge is 2.27. The Hall–Kier alpha value is -1.22. The molecule has 4 heteroatoms. The van der Waals surface area contributed by atoms with Crippen LogP contribution in [0.2, 0.25) is 0 Å². The zero-order valence-corrected chi connectivity index (χ0v) is 13.2. The third kappa shape index (κ3) is 4.41. The lowest BCUT2D eigenvalue weighted by molar-refractivity contribution is -0.133. The zero-order chi connectivity index (χ0) is 13.9. The molecule has 1 aromatic rings. The Kier molecular flexibility index (Phi) is 5.88. The minimum Gasteiger partial charge on any atom is -0.399 e. The molecule has 0 radical (unpaired) electrons. The molecule has 1 aromatic carbocycles. The van der Waals surface area contributed by atoms with E-state index in [4.69, 9.17) is 5.73 Å². The number of halogens is 1.